The maximum absolute atomic E-state index is 3.84. The van der Waals surface area contributed by atoms with Crippen LogP contribution in [0.15, 0.2) is 0 Å². The predicted octanol–water partition coefficient (Wildman–Crippen LogP) is 3.05. The van der Waals surface area contributed by atoms with Gasteiger partial charge in [0.2, 0.25) is 0 Å². The summed E-state index contributed by atoms with van der Waals surface area (Å²) >= 11 is 2.13. The first-order valence-corrected chi connectivity index (χ1v) is 7.15. The Morgan fingerprint density at radius 3 is 2.57 bits per heavy atom. The lowest BCUT2D eigenvalue weighted by atomic mass is 9.68. The molecule has 0 aromatic carbocycles. The highest BCUT2D eigenvalue weighted by molar-refractivity contribution is 7.99. The highest BCUT2D eigenvalue weighted by Crippen LogP contribution is 2.40. The van der Waals surface area contributed by atoms with Gasteiger partial charge in [-0.25, -0.2) is 0 Å². The predicted molar refractivity (Wildman–Crippen MR) is 64.9 cm³/mol. The summed E-state index contributed by atoms with van der Waals surface area (Å²) in [7, 11) is 0. The summed E-state index contributed by atoms with van der Waals surface area (Å²) in [6.45, 7) is 4.77. The second-order valence-corrected chi connectivity index (χ2v) is 6.90. The third kappa shape index (κ3) is 2.90. The smallest absolute Gasteiger partial charge is 0.00798 e. The summed E-state index contributed by atoms with van der Waals surface area (Å²) in [4.78, 5) is 0. The van der Waals surface area contributed by atoms with E-state index in [0.29, 0.717) is 5.41 Å². The zero-order chi connectivity index (χ0) is 10.0. The van der Waals surface area contributed by atoms with Crippen molar-refractivity contribution < 1.29 is 0 Å². The van der Waals surface area contributed by atoms with Gasteiger partial charge in [-0.3, -0.25) is 0 Å². The Morgan fingerprint density at radius 2 is 1.86 bits per heavy atom. The lowest BCUT2D eigenvalue weighted by Gasteiger charge is -2.44. The van der Waals surface area contributed by atoms with Gasteiger partial charge < -0.3 is 5.32 Å². The molecule has 0 bridgehead atoms. The van der Waals surface area contributed by atoms with Crippen LogP contribution in [0.4, 0.5) is 0 Å². The van der Waals surface area contributed by atoms with E-state index in [2.05, 4.69) is 30.9 Å². The van der Waals surface area contributed by atoms with Crippen LogP contribution in [0, 0.1) is 5.41 Å². The summed E-state index contributed by atoms with van der Waals surface area (Å²) in [5, 5.41) is 3.84. The van der Waals surface area contributed by atoms with Crippen LogP contribution < -0.4 is 5.32 Å². The summed E-state index contributed by atoms with van der Waals surface area (Å²) in [6.07, 6.45) is 6.98. The zero-order valence-corrected chi connectivity index (χ0v) is 10.3. The average molecular weight is 213 g/mol. The largest absolute Gasteiger partial charge is 0.311 e. The van der Waals surface area contributed by atoms with Crippen molar-refractivity contribution in [3.8, 4) is 0 Å². The molecule has 0 amide bonds. The molecule has 2 fully saturated rings. The van der Waals surface area contributed by atoms with Crippen molar-refractivity contribution in [3.63, 3.8) is 0 Å². The molecule has 1 saturated carbocycles. The Bertz CT molecular complexity index is 175. The minimum atomic E-state index is 0.622. The molecule has 1 unspecified atom stereocenters. The lowest BCUT2D eigenvalue weighted by molar-refractivity contribution is 0.115. The second kappa shape index (κ2) is 4.44. The van der Waals surface area contributed by atoms with E-state index >= 15 is 0 Å². The Balaban J connectivity index is 1.69. The van der Waals surface area contributed by atoms with Crippen LogP contribution in [0.1, 0.15) is 46.0 Å². The molecule has 0 aromatic heterocycles. The quantitative estimate of drug-likeness (QED) is 0.756. The van der Waals surface area contributed by atoms with Crippen LogP contribution in [0.5, 0.6) is 0 Å². The van der Waals surface area contributed by atoms with Gasteiger partial charge in [0.05, 0.1) is 0 Å². The fourth-order valence-electron chi connectivity index (χ4n) is 2.80. The fourth-order valence-corrected chi connectivity index (χ4v) is 3.82. The first kappa shape index (κ1) is 10.8. The summed E-state index contributed by atoms with van der Waals surface area (Å²) < 4.78 is 0. The first-order valence-electron chi connectivity index (χ1n) is 5.99. The molecule has 1 atom stereocenters. The van der Waals surface area contributed by atoms with Gasteiger partial charge in [-0.15, -0.1) is 0 Å². The SMILES string of the molecule is CC1(C)CC(NC2CCCSCC2)C1. The Labute approximate surface area is 92.4 Å². The van der Waals surface area contributed by atoms with E-state index in [1.54, 1.807) is 0 Å². The zero-order valence-electron chi connectivity index (χ0n) is 9.51. The molecule has 82 valence electrons. The molecular formula is C12H23NS. The van der Waals surface area contributed by atoms with E-state index < -0.39 is 0 Å². The monoisotopic (exact) mass is 213 g/mol. The van der Waals surface area contributed by atoms with Gasteiger partial charge in [-0.1, -0.05) is 13.8 Å². The third-order valence-electron chi connectivity index (χ3n) is 3.52. The van der Waals surface area contributed by atoms with E-state index in [4.69, 9.17) is 0 Å². The van der Waals surface area contributed by atoms with E-state index in [1.807, 2.05) is 0 Å². The molecular weight excluding hydrogens is 190 g/mol. The molecule has 1 saturated heterocycles. The highest BCUT2D eigenvalue weighted by Gasteiger charge is 2.36. The van der Waals surface area contributed by atoms with Crippen molar-refractivity contribution in [3.05, 3.63) is 0 Å². The van der Waals surface area contributed by atoms with E-state index in [0.717, 1.165) is 12.1 Å². The van der Waals surface area contributed by atoms with Crippen LogP contribution in [0.3, 0.4) is 0 Å². The average Bonchev–Trinajstić information content (AvgIpc) is 2.29. The minimum absolute atomic E-state index is 0.622. The van der Waals surface area contributed by atoms with Gasteiger partial charge in [0.15, 0.2) is 0 Å². The molecule has 0 spiro atoms. The Hall–Kier alpha value is 0.310. The van der Waals surface area contributed by atoms with Crippen molar-refractivity contribution in [1.29, 1.82) is 0 Å². The number of rotatable bonds is 2. The maximum Gasteiger partial charge on any atom is 0.00798 e. The van der Waals surface area contributed by atoms with E-state index in [1.165, 1.54) is 43.6 Å². The molecule has 2 heteroatoms. The maximum atomic E-state index is 3.84. The van der Waals surface area contributed by atoms with Gasteiger partial charge in [0.1, 0.15) is 0 Å². The number of nitrogens with one attached hydrogen (secondary N) is 1. The number of hydrogen-bond donors (Lipinski definition) is 1. The molecule has 1 heterocycles. The Kier molecular flexibility index (Phi) is 3.43. The normalized spacial score (nSPS) is 33.4. The molecule has 14 heavy (non-hydrogen) atoms. The molecule has 1 nitrogen and oxygen atoms in total. The van der Waals surface area contributed by atoms with Crippen LogP contribution >= 0.6 is 11.8 Å². The van der Waals surface area contributed by atoms with Gasteiger partial charge in [0, 0.05) is 12.1 Å². The number of hydrogen-bond acceptors (Lipinski definition) is 2. The highest BCUT2D eigenvalue weighted by atomic mass is 32.2. The summed E-state index contributed by atoms with van der Waals surface area (Å²) in [6, 6.07) is 1.66. The molecule has 0 aromatic rings. The van der Waals surface area contributed by atoms with Crippen LogP contribution in [0.25, 0.3) is 0 Å². The molecule has 1 aliphatic heterocycles. The van der Waals surface area contributed by atoms with E-state index in [-0.39, 0.29) is 0 Å². The fraction of sp³-hybridized carbons (Fsp3) is 1.00. The Morgan fingerprint density at radius 1 is 1.07 bits per heavy atom. The molecule has 0 radical (unpaired) electrons. The third-order valence-corrected chi connectivity index (χ3v) is 4.62. The molecule has 1 aliphatic carbocycles. The van der Waals surface area contributed by atoms with Gasteiger partial charge in [-0.2, -0.15) is 11.8 Å². The van der Waals surface area contributed by atoms with Crippen molar-refractivity contribution >= 4 is 11.8 Å². The summed E-state index contributed by atoms with van der Waals surface area (Å²) in [5.41, 5.74) is 0.622. The molecule has 2 rings (SSSR count). The van der Waals surface area contributed by atoms with Gasteiger partial charge in [0.25, 0.3) is 0 Å². The van der Waals surface area contributed by atoms with Crippen LogP contribution in [-0.4, -0.2) is 23.6 Å². The van der Waals surface area contributed by atoms with Gasteiger partial charge in [-0.05, 0) is 49.0 Å². The molecule has 2 aliphatic rings. The molecule has 1 N–H and O–H groups in total. The number of thioether (sulfide) groups is 1. The minimum Gasteiger partial charge on any atom is -0.311 e. The van der Waals surface area contributed by atoms with Crippen molar-refractivity contribution in [2.45, 2.75) is 58.0 Å². The van der Waals surface area contributed by atoms with Crippen LogP contribution in [0.2, 0.25) is 0 Å². The first-order chi connectivity index (χ1) is 6.66. The standard InChI is InChI=1S/C12H23NS/c1-12(2)8-11(9-12)13-10-4-3-6-14-7-5-10/h10-11,13H,3-9H2,1-2H3. The topological polar surface area (TPSA) is 12.0 Å². The summed E-state index contributed by atoms with van der Waals surface area (Å²) in [5.74, 6) is 2.75. The lowest BCUT2D eigenvalue weighted by Crippen LogP contribution is -2.49. The van der Waals surface area contributed by atoms with Crippen LogP contribution in [-0.2, 0) is 0 Å². The van der Waals surface area contributed by atoms with Gasteiger partial charge >= 0.3 is 0 Å². The van der Waals surface area contributed by atoms with E-state index in [9.17, 15) is 0 Å². The second-order valence-electron chi connectivity index (χ2n) is 5.68. The van der Waals surface area contributed by atoms with Crippen molar-refractivity contribution in [1.82, 2.24) is 5.32 Å². The van der Waals surface area contributed by atoms with Crippen molar-refractivity contribution in [2.75, 3.05) is 11.5 Å². The van der Waals surface area contributed by atoms with Crippen molar-refractivity contribution in [2.24, 2.45) is 5.41 Å².